The fourth-order valence-electron chi connectivity index (χ4n) is 1.78. The predicted octanol–water partition coefficient (Wildman–Crippen LogP) is 4.40. The minimum atomic E-state index is -4.46. The van der Waals surface area contributed by atoms with E-state index < -0.39 is 11.7 Å². The molecular weight excluding hydrogens is 325 g/mol. The van der Waals surface area contributed by atoms with Crippen LogP contribution in [0.2, 0.25) is 0 Å². The van der Waals surface area contributed by atoms with Gasteiger partial charge in [-0.3, -0.25) is 0 Å². The zero-order chi connectivity index (χ0) is 13.6. The minimum Gasteiger partial charge on any atom is -0.420 e. The molecule has 2 aromatic rings. The molecule has 19 heavy (non-hydrogen) atoms. The SMILES string of the molecule is FC(F)(F)c1cc(Br)ccc1-c1nnc(C2CC2)o1. The molecule has 1 fully saturated rings. The highest BCUT2D eigenvalue weighted by atomic mass is 79.9. The number of aromatic nitrogens is 2. The Bertz CT molecular complexity index is 620. The summed E-state index contributed by atoms with van der Waals surface area (Å²) in [4.78, 5) is 0. The van der Waals surface area contributed by atoms with Gasteiger partial charge in [-0.15, -0.1) is 10.2 Å². The minimum absolute atomic E-state index is 0.0817. The van der Waals surface area contributed by atoms with E-state index in [1.54, 1.807) is 0 Å². The number of benzene rings is 1. The molecular formula is C12H8BrF3N2O. The summed E-state index contributed by atoms with van der Waals surface area (Å²) >= 11 is 3.03. The van der Waals surface area contributed by atoms with Crippen LogP contribution in [0.5, 0.6) is 0 Å². The first-order chi connectivity index (χ1) is 8.95. The summed E-state index contributed by atoms with van der Waals surface area (Å²) < 4.78 is 44.6. The maximum atomic E-state index is 13.0. The molecule has 1 aromatic carbocycles. The molecule has 1 aromatic heterocycles. The van der Waals surface area contributed by atoms with Crippen molar-refractivity contribution in [3.05, 3.63) is 34.1 Å². The van der Waals surface area contributed by atoms with Crippen molar-refractivity contribution in [2.75, 3.05) is 0 Å². The normalized spacial score (nSPS) is 15.8. The Morgan fingerprint density at radius 2 is 1.95 bits per heavy atom. The number of hydrogen-bond acceptors (Lipinski definition) is 3. The van der Waals surface area contributed by atoms with Crippen molar-refractivity contribution in [3.63, 3.8) is 0 Å². The van der Waals surface area contributed by atoms with Crippen molar-refractivity contribution >= 4 is 15.9 Å². The first-order valence-corrected chi connectivity index (χ1v) is 6.45. The summed E-state index contributed by atoms with van der Waals surface area (Å²) in [5.41, 5.74) is -0.872. The summed E-state index contributed by atoms with van der Waals surface area (Å²) in [7, 11) is 0. The van der Waals surface area contributed by atoms with E-state index in [0.717, 1.165) is 18.9 Å². The lowest BCUT2D eigenvalue weighted by Crippen LogP contribution is -2.07. The molecule has 0 unspecified atom stereocenters. The molecule has 3 nitrogen and oxygen atoms in total. The molecule has 3 rings (SSSR count). The Morgan fingerprint density at radius 1 is 1.21 bits per heavy atom. The van der Waals surface area contributed by atoms with Gasteiger partial charge in [0.05, 0.1) is 11.1 Å². The highest BCUT2D eigenvalue weighted by Crippen LogP contribution is 2.42. The lowest BCUT2D eigenvalue weighted by molar-refractivity contribution is -0.137. The van der Waals surface area contributed by atoms with Gasteiger partial charge in [-0.1, -0.05) is 15.9 Å². The van der Waals surface area contributed by atoms with Gasteiger partial charge in [0, 0.05) is 10.4 Å². The van der Waals surface area contributed by atoms with Crippen LogP contribution in [0.1, 0.15) is 30.2 Å². The molecule has 0 atom stereocenters. The third-order valence-corrected chi connectivity index (χ3v) is 3.38. The number of alkyl halides is 3. The molecule has 0 spiro atoms. The van der Waals surface area contributed by atoms with Gasteiger partial charge in [0.1, 0.15) is 0 Å². The second kappa shape index (κ2) is 4.33. The smallest absolute Gasteiger partial charge is 0.417 e. The lowest BCUT2D eigenvalue weighted by atomic mass is 10.1. The summed E-state index contributed by atoms with van der Waals surface area (Å²) in [6.45, 7) is 0. The Hall–Kier alpha value is -1.37. The van der Waals surface area contributed by atoms with E-state index in [0.29, 0.717) is 10.4 Å². The standard InChI is InChI=1S/C12H8BrF3N2O/c13-7-3-4-8(9(5-7)12(14,15)16)11-18-17-10(19-11)6-1-2-6/h3-6H,1-2H2. The maximum Gasteiger partial charge on any atom is 0.417 e. The van der Waals surface area contributed by atoms with Gasteiger partial charge >= 0.3 is 6.18 Å². The fourth-order valence-corrected chi connectivity index (χ4v) is 2.14. The number of nitrogens with zero attached hydrogens (tertiary/aromatic N) is 2. The zero-order valence-corrected chi connectivity index (χ0v) is 11.1. The van der Waals surface area contributed by atoms with E-state index >= 15 is 0 Å². The second-order valence-electron chi connectivity index (χ2n) is 4.41. The van der Waals surface area contributed by atoms with Crippen LogP contribution in [0.25, 0.3) is 11.5 Å². The fraction of sp³-hybridized carbons (Fsp3) is 0.333. The van der Waals surface area contributed by atoms with Gasteiger partial charge in [-0.25, -0.2) is 0 Å². The van der Waals surface area contributed by atoms with Crippen molar-refractivity contribution < 1.29 is 17.6 Å². The third-order valence-electron chi connectivity index (χ3n) is 2.88. The average Bonchev–Trinajstić information content (AvgIpc) is 3.07. The van der Waals surface area contributed by atoms with Crippen LogP contribution in [-0.4, -0.2) is 10.2 Å². The molecule has 0 aliphatic heterocycles. The quantitative estimate of drug-likeness (QED) is 0.818. The van der Waals surface area contributed by atoms with Crippen LogP contribution in [-0.2, 0) is 6.18 Å². The van der Waals surface area contributed by atoms with Crippen molar-refractivity contribution in [3.8, 4) is 11.5 Å². The molecule has 1 aliphatic carbocycles. The highest BCUT2D eigenvalue weighted by Gasteiger charge is 2.36. The highest BCUT2D eigenvalue weighted by molar-refractivity contribution is 9.10. The van der Waals surface area contributed by atoms with E-state index in [2.05, 4.69) is 26.1 Å². The molecule has 0 amide bonds. The predicted molar refractivity (Wildman–Crippen MR) is 64.4 cm³/mol. The summed E-state index contributed by atoms with van der Waals surface area (Å²) in [5.74, 6) is 0.554. The average molecular weight is 333 g/mol. The largest absolute Gasteiger partial charge is 0.420 e. The molecule has 1 heterocycles. The molecule has 0 radical (unpaired) electrons. The first-order valence-electron chi connectivity index (χ1n) is 5.65. The molecule has 1 aliphatic rings. The molecule has 7 heteroatoms. The van der Waals surface area contributed by atoms with Crippen LogP contribution >= 0.6 is 15.9 Å². The van der Waals surface area contributed by atoms with Crippen molar-refractivity contribution in [1.82, 2.24) is 10.2 Å². The summed E-state index contributed by atoms with van der Waals surface area (Å²) in [6, 6.07) is 3.86. The van der Waals surface area contributed by atoms with Gasteiger partial charge in [0.2, 0.25) is 11.8 Å². The first kappa shape index (κ1) is 12.7. The Balaban J connectivity index is 2.07. The number of rotatable bonds is 2. The molecule has 0 saturated heterocycles. The van der Waals surface area contributed by atoms with Gasteiger partial charge in [0.15, 0.2) is 0 Å². The Labute approximate surface area is 115 Å². The summed E-state index contributed by atoms with van der Waals surface area (Å²) in [6.07, 6.45) is -2.56. The number of halogens is 4. The van der Waals surface area contributed by atoms with Crippen LogP contribution in [0, 0.1) is 0 Å². The summed E-state index contributed by atoms with van der Waals surface area (Å²) in [5, 5.41) is 7.52. The maximum absolute atomic E-state index is 13.0. The topological polar surface area (TPSA) is 38.9 Å². The van der Waals surface area contributed by atoms with E-state index in [1.165, 1.54) is 12.1 Å². The second-order valence-corrected chi connectivity index (χ2v) is 5.32. The van der Waals surface area contributed by atoms with Gasteiger partial charge < -0.3 is 4.42 Å². The van der Waals surface area contributed by atoms with Crippen LogP contribution in [0.4, 0.5) is 13.2 Å². The van der Waals surface area contributed by atoms with E-state index in [1.807, 2.05) is 0 Å². The Kier molecular flexibility index (Phi) is 2.88. The van der Waals surface area contributed by atoms with Gasteiger partial charge in [0.25, 0.3) is 0 Å². The lowest BCUT2D eigenvalue weighted by Gasteiger charge is -2.10. The van der Waals surface area contributed by atoms with Crippen LogP contribution in [0.15, 0.2) is 27.1 Å². The molecule has 0 N–H and O–H groups in total. The van der Waals surface area contributed by atoms with Crippen LogP contribution in [0.3, 0.4) is 0 Å². The van der Waals surface area contributed by atoms with Gasteiger partial charge in [-0.2, -0.15) is 13.2 Å². The van der Waals surface area contributed by atoms with E-state index in [9.17, 15) is 13.2 Å². The van der Waals surface area contributed by atoms with Crippen molar-refractivity contribution in [2.24, 2.45) is 0 Å². The van der Waals surface area contributed by atoms with E-state index in [-0.39, 0.29) is 17.4 Å². The van der Waals surface area contributed by atoms with Crippen LogP contribution < -0.4 is 0 Å². The monoisotopic (exact) mass is 332 g/mol. The Morgan fingerprint density at radius 3 is 2.58 bits per heavy atom. The number of hydrogen-bond donors (Lipinski definition) is 0. The van der Waals surface area contributed by atoms with Crippen molar-refractivity contribution in [1.29, 1.82) is 0 Å². The van der Waals surface area contributed by atoms with E-state index in [4.69, 9.17) is 4.42 Å². The third kappa shape index (κ3) is 2.51. The van der Waals surface area contributed by atoms with Gasteiger partial charge in [-0.05, 0) is 31.0 Å². The molecule has 100 valence electrons. The zero-order valence-electron chi connectivity index (χ0n) is 9.54. The molecule has 0 bridgehead atoms. The molecule has 1 saturated carbocycles. The van der Waals surface area contributed by atoms with Crippen molar-refractivity contribution in [2.45, 2.75) is 24.9 Å².